The maximum absolute atomic E-state index is 14.0. The zero-order valence-corrected chi connectivity index (χ0v) is 25.8. The number of amides is 1. The summed E-state index contributed by atoms with van der Waals surface area (Å²) in [6, 6.07) is 18.8. The molecule has 0 radical (unpaired) electrons. The molecular formula is C34H37FN2O6S. The number of halogens is 1. The van der Waals surface area contributed by atoms with Gasteiger partial charge in [-0.1, -0.05) is 36.4 Å². The second-order valence-corrected chi connectivity index (χ2v) is 13.0. The van der Waals surface area contributed by atoms with Gasteiger partial charge in [0.2, 0.25) is 5.91 Å². The minimum absolute atomic E-state index is 0.193. The molecular weight excluding hydrogens is 583 g/mol. The predicted octanol–water partition coefficient (Wildman–Crippen LogP) is 5.16. The molecule has 0 spiro atoms. The van der Waals surface area contributed by atoms with E-state index in [1.165, 1.54) is 23.3 Å². The van der Waals surface area contributed by atoms with Gasteiger partial charge in [-0.05, 0) is 84.7 Å². The van der Waals surface area contributed by atoms with Gasteiger partial charge in [-0.15, -0.1) is 0 Å². The standard InChI is InChI=1S/C34H37FN2O6S/c1-22-30(42-2)18-27(19-31(22)43-3)34(39)28(16-24-14-25-8-4-5-9-26(25)15-24)21-37-13-12-23(20-37)17-33(38)36-44(40,41)32-11-7-6-10-29(32)35/h4-13,18-20,24,28,34,39H,14-17,21H2,1-3H3,(H,36,38)/t28-,34-/m1/s1. The van der Waals surface area contributed by atoms with Crippen molar-refractivity contribution in [2.45, 2.75) is 50.2 Å². The first kappa shape index (κ1) is 31.3. The van der Waals surface area contributed by atoms with Crippen LogP contribution in [0.1, 0.15) is 40.3 Å². The van der Waals surface area contributed by atoms with Crippen LogP contribution in [0.4, 0.5) is 4.39 Å². The molecule has 1 aliphatic rings. The first-order chi connectivity index (χ1) is 21.1. The third-order valence-electron chi connectivity index (χ3n) is 8.33. The van der Waals surface area contributed by atoms with Crippen LogP contribution in [0.2, 0.25) is 0 Å². The molecule has 1 aliphatic carbocycles. The molecule has 0 saturated carbocycles. The zero-order valence-electron chi connectivity index (χ0n) is 25.0. The number of aromatic nitrogens is 1. The second kappa shape index (κ2) is 13.2. The van der Waals surface area contributed by atoms with Crippen LogP contribution in [-0.4, -0.2) is 38.2 Å². The highest BCUT2D eigenvalue weighted by atomic mass is 32.2. The van der Waals surface area contributed by atoms with Crippen molar-refractivity contribution in [3.05, 3.63) is 113 Å². The number of nitrogens with one attached hydrogen (secondary N) is 1. The molecule has 232 valence electrons. The van der Waals surface area contributed by atoms with Gasteiger partial charge in [0, 0.05) is 30.4 Å². The first-order valence-electron chi connectivity index (χ1n) is 14.5. The Morgan fingerprint density at radius 1 is 1.02 bits per heavy atom. The number of carbonyl (C=O) groups is 1. The molecule has 0 bridgehead atoms. The van der Waals surface area contributed by atoms with Gasteiger partial charge in [0.05, 0.1) is 26.7 Å². The zero-order chi connectivity index (χ0) is 31.4. The van der Waals surface area contributed by atoms with Crippen LogP contribution in [-0.2, 0) is 40.6 Å². The summed E-state index contributed by atoms with van der Waals surface area (Å²) in [6.45, 7) is 2.36. The van der Waals surface area contributed by atoms with Gasteiger partial charge in [-0.25, -0.2) is 17.5 Å². The molecule has 0 unspecified atom stereocenters. The number of benzene rings is 3. The number of aliphatic hydroxyl groups is 1. The van der Waals surface area contributed by atoms with Crippen LogP contribution in [0.5, 0.6) is 11.5 Å². The minimum Gasteiger partial charge on any atom is -0.496 e. The maximum atomic E-state index is 14.0. The second-order valence-electron chi connectivity index (χ2n) is 11.4. The fourth-order valence-corrected chi connectivity index (χ4v) is 7.23. The molecule has 1 amide bonds. The Kier molecular flexibility index (Phi) is 9.41. The molecule has 8 nitrogen and oxygen atoms in total. The van der Waals surface area contributed by atoms with Gasteiger partial charge in [0.1, 0.15) is 22.2 Å². The van der Waals surface area contributed by atoms with Crippen LogP contribution >= 0.6 is 0 Å². The average Bonchev–Trinajstić information content (AvgIpc) is 3.62. The molecule has 10 heteroatoms. The van der Waals surface area contributed by atoms with E-state index in [4.69, 9.17) is 9.47 Å². The SMILES string of the molecule is COc1cc([C@@H](O)[C@H](CC2Cc3ccccc3C2)Cn2ccc(CC(=O)NS(=O)(=O)c3ccccc3F)c2)cc(OC)c1C. The summed E-state index contributed by atoms with van der Waals surface area (Å²) in [4.78, 5) is 12.1. The quantitative estimate of drug-likeness (QED) is 0.227. The van der Waals surface area contributed by atoms with E-state index < -0.39 is 32.7 Å². The summed E-state index contributed by atoms with van der Waals surface area (Å²) < 4.78 is 54.1. The number of carbonyl (C=O) groups excluding carboxylic acids is 1. The Balaban J connectivity index is 1.34. The monoisotopic (exact) mass is 620 g/mol. The Labute approximate surface area is 257 Å². The van der Waals surface area contributed by atoms with Crippen molar-refractivity contribution in [2.24, 2.45) is 11.8 Å². The van der Waals surface area contributed by atoms with E-state index in [2.05, 4.69) is 24.3 Å². The number of ether oxygens (including phenoxy) is 2. The summed E-state index contributed by atoms with van der Waals surface area (Å²) in [5.74, 6) is -0.287. The van der Waals surface area contributed by atoms with Crippen LogP contribution < -0.4 is 14.2 Å². The highest BCUT2D eigenvalue weighted by molar-refractivity contribution is 7.90. The topological polar surface area (TPSA) is 107 Å². The molecule has 0 saturated heterocycles. The normalized spacial score (nSPS) is 14.6. The first-order valence-corrected chi connectivity index (χ1v) is 16.0. The van der Waals surface area contributed by atoms with Crippen molar-refractivity contribution in [2.75, 3.05) is 14.2 Å². The van der Waals surface area contributed by atoms with Crippen molar-refractivity contribution in [3.63, 3.8) is 0 Å². The van der Waals surface area contributed by atoms with Gasteiger partial charge in [-0.2, -0.15) is 0 Å². The summed E-state index contributed by atoms with van der Waals surface area (Å²) in [7, 11) is -1.17. The fraction of sp³-hybridized carbons (Fsp3) is 0.324. The summed E-state index contributed by atoms with van der Waals surface area (Å²) >= 11 is 0. The molecule has 2 atom stereocenters. The van der Waals surface area contributed by atoms with Gasteiger partial charge < -0.3 is 19.1 Å². The van der Waals surface area contributed by atoms with Crippen LogP contribution in [0.25, 0.3) is 0 Å². The third kappa shape index (κ3) is 6.97. The highest BCUT2D eigenvalue weighted by Gasteiger charge is 2.30. The van der Waals surface area contributed by atoms with Gasteiger partial charge in [-0.3, -0.25) is 4.79 Å². The van der Waals surface area contributed by atoms with Crippen molar-refractivity contribution >= 4 is 15.9 Å². The summed E-state index contributed by atoms with van der Waals surface area (Å²) in [5.41, 5.74) is 4.80. The van der Waals surface area contributed by atoms with E-state index >= 15 is 0 Å². The van der Waals surface area contributed by atoms with E-state index in [0.29, 0.717) is 35.1 Å². The smallest absolute Gasteiger partial charge is 0.266 e. The molecule has 0 aliphatic heterocycles. The van der Waals surface area contributed by atoms with Gasteiger partial charge >= 0.3 is 0 Å². The van der Waals surface area contributed by atoms with E-state index in [1.54, 1.807) is 26.5 Å². The highest BCUT2D eigenvalue weighted by Crippen LogP contribution is 2.39. The molecule has 4 aromatic rings. The van der Waals surface area contributed by atoms with Gasteiger partial charge in [0.15, 0.2) is 0 Å². The molecule has 5 rings (SSSR count). The van der Waals surface area contributed by atoms with E-state index in [9.17, 15) is 22.7 Å². The van der Waals surface area contributed by atoms with Crippen LogP contribution in [0.3, 0.4) is 0 Å². The Morgan fingerprint density at radius 3 is 2.25 bits per heavy atom. The van der Waals surface area contributed by atoms with Crippen LogP contribution in [0.15, 0.2) is 84.0 Å². The lowest BCUT2D eigenvalue weighted by Crippen LogP contribution is -2.32. The number of rotatable bonds is 12. The third-order valence-corrected chi connectivity index (χ3v) is 9.74. The lowest BCUT2D eigenvalue weighted by molar-refractivity contribution is -0.118. The van der Waals surface area contributed by atoms with Crippen LogP contribution in [0, 0.1) is 24.6 Å². The maximum Gasteiger partial charge on any atom is 0.266 e. The lowest BCUT2D eigenvalue weighted by atomic mass is 9.85. The molecule has 44 heavy (non-hydrogen) atoms. The van der Waals surface area contributed by atoms with E-state index in [1.807, 2.05) is 34.5 Å². The van der Waals surface area contributed by atoms with Crippen molar-refractivity contribution in [3.8, 4) is 11.5 Å². The molecule has 1 heterocycles. The molecule has 0 fully saturated rings. The number of aliphatic hydroxyl groups excluding tert-OH is 1. The van der Waals surface area contributed by atoms with Crippen molar-refractivity contribution in [1.29, 1.82) is 0 Å². The lowest BCUT2D eigenvalue weighted by Gasteiger charge is -2.27. The fourth-order valence-electron chi connectivity index (χ4n) is 6.17. The molecule has 3 aromatic carbocycles. The molecule has 1 aromatic heterocycles. The molecule has 2 N–H and O–H groups in total. The average molecular weight is 621 g/mol. The number of hydrogen-bond donors (Lipinski definition) is 2. The number of methoxy groups -OCH3 is 2. The van der Waals surface area contributed by atoms with Crippen molar-refractivity contribution in [1.82, 2.24) is 9.29 Å². The van der Waals surface area contributed by atoms with E-state index in [0.717, 1.165) is 37.0 Å². The largest absolute Gasteiger partial charge is 0.496 e. The Hall–Kier alpha value is -4.15. The summed E-state index contributed by atoms with van der Waals surface area (Å²) in [5, 5.41) is 11.8. The predicted molar refractivity (Wildman–Crippen MR) is 165 cm³/mol. The number of fused-ring (bicyclic) bond motifs is 1. The number of hydrogen-bond acceptors (Lipinski definition) is 6. The van der Waals surface area contributed by atoms with Gasteiger partial charge in [0.25, 0.3) is 10.0 Å². The Bertz CT molecular complexity index is 1700. The van der Waals surface area contributed by atoms with Crippen molar-refractivity contribution < 1.29 is 32.2 Å². The number of nitrogens with zero attached hydrogens (tertiary/aromatic N) is 1. The minimum atomic E-state index is -4.35. The number of sulfonamides is 1. The summed E-state index contributed by atoms with van der Waals surface area (Å²) in [6.07, 6.45) is 5.17. The van der Waals surface area contributed by atoms with E-state index in [-0.39, 0.29) is 12.3 Å². The Morgan fingerprint density at radius 2 is 1.64 bits per heavy atom.